The van der Waals surface area contributed by atoms with Crippen LogP contribution in [0.3, 0.4) is 0 Å². The van der Waals surface area contributed by atoms with Crippen molar-refractivity contribution in [3.8, 4) is 0 Å². The molecule has 15 nitrogen and oxygen atoms in total. The van der Waals surface area contributed by atoms with Crippen LogP contribution >= 0.6 is 62.0 Å². The molecule has 50 heavy (non-hydrogen) atoms. The first kappa shape index (κ1) is 55.2. The molecular weight excluding hydrogens is 768 g/mol. The Morgan fingerprint density at radius 3 is 1.54 bits per heavy atom. The van der Waals surface area contributed by atoms with Crippen molar-refractivity contribution >= 4 is 62.0 Å². The minimum Gasteiger partial charge on any atom is -0.389 e. The molecule has 0 bridgehead atoms. The molecule has 2 heterocycles. The van der Waals surface area contributed by atoms with Crippen LogP contribution in [0.1, 0.15) is 77.6 Å². The van der Waals surface area contributed by atoms with E-state index < -0.39 is 91.7 Å². The van der Waals surface area contributed by atoms with Crippen molar-refractivity contribution in [1.29, 1.82) is 0 Å². The first-order valence-corrected chi connectivity index (χ1v) is 16.9. The van der Waals surface area contributed by atoms with E-state index in [-0.39, 0.29) is 81.5 Å². The third kappa shape index (κ3) is 15.5. The maximum Gasteiger partial charge on any atom is 0.187 e. The number of nitrogens with two attached hydrogens (primary N) is 4. The largest absolute Gasteiger partial charge is 0.389 e. The zero-order chi connectivity index (χ0) is 33.1. The second-order valence-corrected chi connectivity index (χ2v) is 13.0. The summed E-state index contributed by atoms with van der Waals surface area (Å²) in [4.78, 5) is 0. The minimum atomic E-state index is -1.64. The van der Waals surface area contributed by atoms with Gasteiger partial charge in [-0.1, -0.05) is 64.7 Å². The number of hydrogen-bond donors (Lipinski definition) is 11. The second kappa shape index (κ2) is 28.3. The zero-order valence-electron chi connectivity index (χ0n) is 28.7. The van der Waals surface area contributed by atoms with Crippen LogP contribution in [0.4, 0.5) is 0 Å². The average Bonchev–Trinajstić information content (AvgIpc) is 3.02. The fourth-order valence-electron chi connectivity index (χ4n) is 6.40. The Labute approximate surface area is 327 Å². The third-order valence-electron chi connectivity index (χ3n) is 9.35. The summed E-state index contributed by atoms with van der Waals surface area (Å²) in [6.07, 6.45) is -3.15. The molecule has 0 aromatic carbocycles. The van der Waals surface area contributed by atoms with Gasteiger partial charge >= 0.3 is 0 Å². The Balaban J connectivity index is -0.00000442. The molecule has 0 spiro atoms. The fraction of sp³-hybridized carbons (Fsp3) is 1.00. The van der Waals surface area contributed by atoms with Crippen LogP contribution in [-0.4, -0.2) is 142 Å². The van der Waals surface area contributed by atoms with Gasteiger partial charge in [0, 0.05) is 25.2 Å². The molecule has 3 fully saturated rings. The molecule has 2 aliphatic heterocycles. The van der Waals surface area contributed by atoms with Gasteiger partial charge in [-0.25, -0.2) is 0 Å². The molecule has 0 amide bonds. The number of unbranched alkanes of at least 4 members (excludes halogenated alkanes) is 9. The minimum absolute atomic E-state index is 0. The van der Waals surface area contributed by atoms with Crippen LogP contribution in [0.25, 0.3) is 0 Å². The van der Waals surface area contributed by atoms with Gasteiger partial charge in [-0.2, -0.15) is 0 Å². The van der Waals surface area contributed by atoms with Crippen LogP contribution in [0.5, 0.6) is 0 Å². The second-order valence-electron chi connectivity index (χ2n) is 13.0. The smallest absolute Gasteiger partial charge is 0.187 e. The third-order valence-corrected chi connectivity index (χ3v) is 9.35. The normalized spacial score (nSPS) is 38.3. The van der Waals surface area contributed by atoms with Crippen molar-refractivity contribution in [1.82, 2.24) is 5.32 Å². The fourth-order valence-corrected chi connectivity index (χ4v) is 6.40. The summed E-state index contributed by atoms with van der Waals surface area (Å²) in [6, 6.07) is -2.68. The Morgan fingerprint density at radius 1 is 0.580 bits per heavy atom. The van der Waals surface area contributed by atoms with Gasteiger partial charge in [-0.3, -0.25) is 0 Å². The highest BCUT2D eigenvalue weighted by Gasteiger charge is 2.51. The highest BCUT2D eigenvalue weighted by atomic mass is 35.5. The molecular formula is C30H66Cl5N5O10. The number of aliphatic hydroxyl groups is 6. The molecule has 0 unspecified atom stereocenters. The van der Waals surface area contributed by atoms with E-state index in [1.807, 2.05) is 0 Å². The molecule has 1 aliphatic carbocycles. The molecule has 0 radical (unpaired) electrons. The van der Waals surface area contributed by atoms with E-state index >= 15 is 0 Å². The van der Waals surface area contributed by atoms with Crippen LogP contribution in [-0.2, 0) is 18.9 Å². The first-order chi connectivity index (χ1) is 21.5. The molecule has 0 aromatic heterocycles. The van der Waals surface area contributed by atoms with E-state index in [1.165, 1.54) is 51.4 Å². The van der Waals surface area contributed by atoms with Gasteiger partial charge in [0.15, 0.2) is 12.6 Å². The summed E-state index contributed by atoms with van der Waals surface area (Å²) in [5, 5.41) is 66.7. The van der Waals surface area contributed by atoms with Crippen molar-refractivity contribution in [2.45, 2.75) is 169 Å². The lowest BCUT2D eigenvalue weighted by Gasteiger charge is -2.48. The molecule has 306 valence electrons. The van der Waals surface area contributed by atoms with E-state index in [4.69, 9.17) is 41.9 Å². The first-order valence-electron chi connectivity index (χ1n) is 16.9. The Kier molecular flexibility index (Phi) is 31.2. The van der Waals surface area contributed by atoms with Crippen molar-refractivity contribution < 1.29 is 49.6 Å². The van der Waals surface area contributed by atoms with Crippen LogP contribution < -0.4 is 28.3 Å². The summed E-state index contributed by atoms with van der Waals surface area (Å²) in [5.74, 6) is 0. The SMILES string of the molecule is CCCCCCCCCCCCNC[C@H]1O[C@H](O[C@@H]2[C@@H](O)[C@H](O[C@H]3O[C@H](CN)[C@@H](O)[C@H](O)[C@H]3O)[C@@H](N)C[C@H]2N)[C@H](O)[C@@H](N)[C@@H]1O.Cl.Cl.Cl.Cl.Cl. The van der Waals surface area contributed by atoms with E-state index in [2.05, 4.69) is 12.2 Å². The highest BCUT2D eigenvalue weighted by Crippen LogP contribution is 2.31. The van der Waals surface area contributed by atoms with E-state index in [1.54, 1.807) is 0 Å². The Hall–Kier alpha value is 0.850. The summed E-state index contributed by atoms with van der Waals surface area (Å²) in [6.45, 7) is 3.09. The average molecular weight is 834 g/mol. The molecule has 1 saturated carbocycles. The number of halogens is 5. The zero-order valence-corrected chi connectivity index (χ0v) is 32.8. The maximum absolute atomic E-state index is 11.2. The van der Waals surface area contributed by atoms with Crippen LogP contribution in [0.15, 0.2) is 0 Å². The van der Waals surface area contributed by atoms with E-state index in [0.29, 0.717) is 0 Å². The summed E-state index contributed by atoms with van der Waals surface area (Å²) in [7, 11) is 0. The molecule has 15 N–H and O–H groups in total. The quantitative estimate of drug-likeness (QED) is 0.0765. The standard InChI is InChI=1S/C30H61N5O10.5ClH/c1-2-3-4-5-6-7-8-9-10-11-12-35-15-19-21(36)20(34)23(38)29(43-19)44-27-16(32)13-17(33)28(26(27)41)45-30-25(40)24(39)22(37)18(14-31)42-30;;;;;/h16-30,35-41H,2-15,31-34H2,1H3;5*1H/t16-,17+,18-,19-,20+,21-,22-,23-,24+,25-,26-,27+,28-,29-,30-;;;;;/m1...../s1. The van der Waals surface area contributed by atoms with Gasteiger partial charge in [0.1, 0.15) is 54.9 Å². The monoisotopic (exact) mass is 831 g/mol. The Morgan fingerprint density at radius 2 is 1.04 bits per heavy atom. The van der Waals surface area contributed by atoms with Gasteiger partial charge in [-0.05, 0) is 19.4 Å². The number of nitrogens with one attached hydrogen (secondary N) is 1. The molecule has 15 atom stereocenters. The van der Waals surface area contributed by atoms with Gasteiger partial charge in [0.2, 0.25) is 0 Å². The van der Waals surface area contributed by atoms with Gasteiger partial charge in [0.05, 0.1) is 12.1 Å². The topological polar surface area (TPSA) is 274 Å². The van der Waals surface area contributed by atoms with Gasteiger partial charge in [-0.15, -0.1) is 62.0 Å². The Bertz CT molecular complexity index is 845. The lowest BCUT2D eigenvalue weighted by atomic mass is 9.84. The van der Waals surface area contributed by atoms with Crippen molar-refractivity contribution in [2.75, 3.05) is 19.6 Å². The lowest BCUT2D eigenvalue weighted by molar-refractivity contribution is -0.330. The predicted octanol–water partition coefficient (Wildman–Crippen LogP) is -0.664. The van der Waals surface area contributed by atoms with Gasteiger partial charge in [0.25, 0.3) is 0 Å². The molecule has 3 rings (SSSR count). The number of hydrogen-bond acceptors (Lipinski definition) is 15. The van der Waals surface area contributed by atoms with Crippen LogP contribution in [0.2, 0.25) is 0 Å². The molecule has 0 aromatic rings. The van der Waals surface area contributed by atoms with Crippen molar-refractivity contribution in [2.24, 2.45) is 22.9 Å². The molecule has 20 heteroatoms. The number of rotatable bonds is 18. The maximum atomic E-state index is 11.2. The summed E-state index contributed by atoms with van der Waals surface area (Å²) in [5.41, 5.74) is 24.3. The van der Waals surface area contributed by atoms with E-state index in [0.717, 1.165) is 19.4 Å². The number of aliphatic hydroxyl groups excluding tert-OH is 6. The van der Waals surface area contributed by atoms with Crippen molar-refractivity contribution in [3.63, 3.8) is 0 Å². The van der Waals surface area contributed by atoms with Crippen LogP contribution in [0, 0.1) is 0 Å². The molecule has 2 saturated heterocycles. The van der Waals surface area contributed by atoms with Crippen molar-refractivity contribution in [3.05, 3.63) is 0 Å². The molecule has 3 aliphatic rings. The number of ether oxygens (including phenoxy) is 4. The van der Waals surface area contributed by atoms with E-state index in [9.17, 15) is 30.6 Å². The predicted molar refractivity (Wildman–Crippen MR) is 202 cm³/mol. The summed E-state index contributed by atoms with van der Waals surface area (Å²) >= 11 is 0. The van der Waals surface area contributed by atoms with Gasteiger partial charge < -0.3 is 77.8 Å². The highest BCUT2D eigenvalue weighted by molar-refractivity contribution is 5.86. The summed E-state index contributed by atoms with van der Waals surface area (Å²) < 4.78 is 23.3. The lowest BCUT2D eigenvalue weighted by Crippen LogP contribution is -2.68.